The second kappa shape index (κ2) is 4.41. The van der Waals surface area contributed by atoms with E-state index in [-0.39, 0.29) is 5.25 Å². The van der Waals surface area contributed by atoms with Gasteiger partial charge in [0.1, 0.15) is 0 Å². The number of thiol groups is 1. The molecule has 0 aliphatic carbocycles. The van der Waals surface area contributed by atoms with E-state index in [1.165, 1.54) is 0 Å². The molecule has 1 heterocycles. The van der Waals surface area contributed by atoms with Crippen molar-refractivity contribution in [2.45, 2.75) is 11.7 Å². The van der Waals surface area contributed by atoms with Crippen LogP contribution in [0.1, 0.15) is 5.69 Å². The quantitative estimate of drug-likeness (QED) is 0.662. The van der Waals surface area contributed by atoms with Gasteiger partial charge < -0.3 is 4.74 Å². The van der Waals surface area contributed by atoms with E-state index in [9.17, 15) is 0 Å². The molecule has 1 rings (SSSR count). The number of H-pyrrole nitrogens is 1. The van der Waals surface area contributed by atoms with E-state index in [1.54, 1.807) is 13.3 Å². The van der Waals surface area contributed by atoms with E-state index >= 15 is 0 Å². The van der Waals surface area contributed by atoms with Gasteiger partial charge in [-0.1, -0.05) is 0 Å². The Morgan fingerprint density at radius 1 is 1.82 bits per heavy atom. The molecule has 1 atom stereocenters. The maximum absolute atomic E-state index is 4.94. The highest BCUT2D eigenvalue weighted by Gasteiger charge is 2.03. The number of methoxy groups -OCH3 is 1. The molecule has 0 bridgehead atoms. The highest BCUT2D eigenvalue weighted by atomic mass is 32.1. The van der Waals surface area contributed by atoms with Crippen molar-refractivity contribution in [1.82, 2.24) is 10.2 Å². The fourth-order valence-corrected chi connectivity index (χ4v) is 1.25. The molecule has 0 aliphatic rings. The second-order valence-corrected chi connectivity index (χ2v) is 3.13. The molecule has 0 spiro atoms. The molecular weight excluding hydrogens is 160 g/mol. The number of hydrogen-bond donors (Lipinski definition) is 2. The molecule has 0 fully saturated rings. The summed E-state index contributed by atoms with van der Waals surface area (Å²) in [5.41, 5.74) is 1.10. The molecule has 0 saturated carbocycles. The summed E-state index contributed by atoms with van der Waals surface area (Å²) in [6, 6.07) is 1.94. The molecule has 0 saturated heterocycles. The van der Waals surface area contributed by atoms with Gasteiger partial charge in [-0.25, -0.2) is 0 Å². The standard InChI is InChI=1S/C7H12N2OS/c1-10-5-7(11)4-6-2-3-8-9-6/h2-3,7,11H,4-5H2,1H3,(H,8,9). The molecule has 1 aromatic heterocycles. The summed E-state index contributed by atoms with van der Waals surface area (Å²) >= 11 is 4.32. The van der Waals surface area contributed by atoms with Crippen LogP contribution in [-0.2, 0) is 11.2 Å². The van der Waals surface area contributed by atoms with Crippen molar-refractivity contribution in [2.75, 3.05) is 13.7 Å². The first kappa shape index (κ1) is 8.62. The van der Waals surface area contributed by atoms with Gasteiger partial charge in [-0.3, -0.25) is 5.10 Å². The van der Waals surface area contributed by atoms with Gasteiger partial charge in [-0.2, -0.15) is 17.7 Å². The SMILES string of the molecule is COCC(S)Cc1ccn[nH]1. The normalized spacial score (nSPS) is 13.3. The predicted molar refractivity (Wildman–Crippen MR) is 46.9 cm³/mol. The number of nitrogens with one attached hydrogen (secondary N) is 1. The first-order valence-corrected chi connectivity index (χ1v) is 4.00. The van der Waals surface area contributed by atoms with Gasteiger partial charge >= 0.3 is 0 Å². The Hall–Kier alpha value is -0.480. The third kappa shape index (κ3) is 2.95. The van der Waals surface area contributed by atoms with Gasteiger partial charge in [-0.15, -0.1) is 0 Å². The average Bonchev–Trinajstić information content (AvgIpc) is 2.40. The number of rotatable bonds is 4. The third-order valence-electron chi connectivity index (χ3n) is 1.37. The molecule has 1 aromatic rings. The zero-order chi connectivity index (χ0) is 8.10. The maximum Gasteiger partial charge on any atom is 0.0582 e. The van der Waals surface area contributed by atoms with E-state index < -0.39 is 0 Å². The highest BCUT2D eigenvalue weighted by Crippen LogP contribution is 2.04. The fraction of sp³-hybridized carbons (Fsp3) is 0.571. The Bertz CT molecular complexity index is 188. The number of hydrogen-bond acceptors (Lipinski definition) is 3. The molecule has 4 heteroatoms. The summed E-state index contributed by atoms with van der Waals surface area (Å²) in [6.07, 6.45) is 2.61. The lowest BCUT2D eigenvalue weighted by atomic mass is 10.2. The first-order valence-electron chi connectivity index (χ1n) is 3.48. The Morgan fingerprint density at radius 2 is 2.64 bits per heavy atom. The van der Waals surface area contributed by atoms with Crippen molar-refractivity contribution in [2.24, 2.45) is 0 Å². The lowest BCUT2D eigenvalue weighted by molar-refractivity contribution is 0.199. The van der Waals surface area contributed by atoms with Crippen LogP contribution in [0.2, 0.25) is 0 Å². The molecule has 1 N–H and O–H groups in total. The van der Waals surface area contributed by atoms with Crippen LogP contribution in [0.4, 0.5) is 0 Å². The van der Waals surface area contributed by atoms with Crippen LogP contribution in [0, 0.1) is 0 Å². The molecule has 11 heavy (non-hydrogen) atoms. The lowest BCUT2D eigenvalue weighted by Gasteiger charge is -2.06. The van der Waals surface area contributed by atoms with E-state index in [1.807, 2.05) is 6.07 Å². The number of aromatic nitrogens is 2. The third-order valence-corrected chi connectivity index (χ3v) is 1.70. The van der Waals surface area contributed by atoms with Crippen LogP contribution < -0.4 is 0 Å². The van der Waals surface area contributed by atoms with E-state index in [2.05, 4.69) is 22.8 Å². The minimum absolute atomic E-state index is 0.250. The summed E-state index contributed by atoms with van der Waals surface area (Å²) in [7, 11) is 1.68. The van der Waals surface area contributed by atoms with Crippen molar-refractivity contribution in [3.8, 4) is 0 Å². The van der Waals surface area contributed by atoms with Crippen molar-refractivity contribution in [1.29, 1.82) is 0 Å². The van der Waals surface area contributed by atoms with Crippen molar-refractivity contribution >= 4 is 12.6 Å². The van der Waals surface area contributed by atoms with Crippen LogP contribution in [-0.4, -0.2) is 29.2 Å². The predicted octanol–water partition coefficient (Wildman–Crippen LogP) is 0.897. The van der Waals surface area contributed by atoms with Crippen molar-refractivity contribution in [3.05, 3.63) is 18.0 Å². The molecule has 1 unspecified atom stereocenters. The molecule has 0 radical (unpaired) electrons. The zero-order valence-electron chi connectivity index (χ0n) is 6.45. The van der Waals surface area contributed by atoms with Gasteiger partial charge in [0.2, 0.25) is 0 Å². The fourth-order valence-electron chi connectivity index (χ4n) is 0.904. The average molecular weight is 172 g/mol. The second-order valence-electron chi connectivity index (χ2n) is 2.40. The first-order chi connectivity index (χ1) is 5.33. The molecular formula is C7H12N2OS. The molecule has 0 aliphatic heterocycles. The van der Waals surface area contributed by atoms with Crippen LogP contribution >= 0.6 is 12.6 Å². The van der Waals surface area contributed by atoms with Crippen LogP contribution in [0.5, 0.6) is 0 Å². The largest absolute Gasteiger partial charge is 0.384 e. The summed E-state index contributed by atoms with van der Waals surface area (Å²) in [6.45, 7) is 0.669. The van der Waals surface area contributed by atoms with E-state index in [0.717, 1.165) is 12.1 Å². The molecule has 62 valence electrons. The van der Waals surface area contributed by atoms with Crippen molar-refractivity contribution < 1.29 is 4.74 Å². The Balaban J connectivity index is 2.31. The smallest absolute Gasteiger partial charge is 0.0582 e. The zero-order valence-corrected chi connectivity index (χ0v) is 7.34. The van der Waals surface area contributed by atoms with Gasteiger partial charge in [0.05, 0.1) is 6.61 Å². The van der Waals surface area contributed by atoms with Gasteiger partial charge in [0, 0.05) is 30.7 Å². The van der Waals surface area contributed by atoms with E-state index in [4.69, 9.17) is 4.74 Å². The van der Waals surface area contributed by atoms with Crippen LogP contribution in [0.15, 0.2) is 12.3 Å². The number of ether oxygens (including phenoxy) is 1. The van der Waals surface area contributed by atoms with E-state index in [0.29, 0.717) is 6.61 Å². The van der Waals surface area contributed by atoms with Gasteiger partial charge in [-0.05, 0) is 6.07 Å². The summed E-state index contributed by atoms with van der Waals surface area (Å²) < 4.78 is 4.94. The number of aromatic amines is 1. The molecule has 0 aromatic carbocycles. The maximum atomic E-state index is 4.94. The summed E-state index contributed by atoms with van der Waals surface area (Å²) in [4.78, 5) is 0. The van der Waals surface area contributed by atoms with Gasteiger partial charge in [0.15, 0.2) is 0 Å². The molecule has 3 nitrogen and oxygen atoms in total. The van der Waals surface area contributed by atoms with Crippen LogP contribution in [0.25, 0.3) is 0 Å². The Labute approximate surface area is 71.6 Å². The minimum atomic E-state index is 0.250. The topological polar surface area (TPSA) is 37.9 Å². The molecule has 0 amide bonds. The van der Waals surface area contributed by atoms with Crippen molar-refractivity contribution in [3.63, 3.8) is 0 Å². The Kier molecular flexibility index (Phi) is 3.45. The Morgan fingerprint density at radius 3 is 3.18 bits per heavy atom. The monoisotopic (exact) mass is 172 g/mol. The highest BCUT2D eigenvalue weighted by molar-refractivity contribution is 7.81. The summed E-state index contributed by atoms with van der Waals surface area (Å²) in [5.74, 6) is 0. The summed E-state index contributed by atoms with van der Waals surface area (Å²) in [5, 5.41) is 6.96. The van der Waals surface area contributed by atoms with Crippen LogP contribution in [0.3, 0.4) is 0 Å². The number of nitrogens with zero attached hydrogens (tertiary/aromatic N) is 1. The lowest BCUT2D eigenvalue weighted by Crippen LogP contribution is -2.10. The van der Waals surface area contributed by atoms with Gasteiger partial charge in [0.25, 0.3) is 0 Å². The minimum Gasteiger partial charge on any atom is -0.384 e.